The topological polar surface area (TPSA) is 68.2 Å². The van der Waals surface area contributed by atoms with Crippen molar-refractivity contribution in [2.24, 2.45) is 22.1 Å². The number of rotatable bonds is 1. The van der Waals surface area contributed by atoms with Gasteiger partial charge < -0.3 is 14.4 Å². The largest absolute Gasteiger partial charge is 0.490 e. The van der Waals surface area contributed by atoms with Gasteiger partial charge in [0, 0.05) is 52.0 Å². The molecule has 6 rings (SSSR count). The van der Waals surface area contributed by atoms with E-state index in [2.05, 4.69) is 40.5 Å². The number of hydrogen-bond acceptors (Lipinski definition) is 5. The Morgan fingerprint density at radius 1 is 1.17 bits per heavy atom. The number of carbonyl (C=O) groups excluding carboxylic acids is 1. The van der Waals surface area contributed by atoms with Crippen LogP contribution in [0.4, 0.5) is 5.69 Å². The van der Waals surface area contributed by atoms with Crippen molar-refractivity contribution in [3.05, 3.63) is 70.3 Å². The highest BCUT2D eigenvalue weighted by Gasteiger charge is 2.44. The van der Waals surface area contributed by atoms with Crippen LogP contribution in [0.2, 0.25) is 5.02 Å². The van der Waals surface area contributed by atoms with Crippen LogP contribution in [0, 0.1) is 17.8 Å². The maximum atomic E-state index is 13.3. The van der Waals surface area contributed by atoms with Gasteiger partial charge in [0.25, 0.3) is 5.91 Å². The summed E-state index contributed by atoms with van der Waals surface area (Å²) < 4.78 is 29.9. The Hall–Kier alpha value is -2.35. The number of fused-ring (bicyclic) bond motifs is 4. The molecule has 2 aliphatic carbocycles. The van der Waals surface area contributed by atoms with E-state index in [1.807, 2.05) is 25.1 Å². The van der Waals surface area contributed by atoms with E-state index in [0.29, 0.717) is 24.0 Å². The zero-order valence-corrected chi connectivity index (χ0v) is 25.9. The van der Waals surface area contributed by atoms with Crippen LogP contribution in [-0.2, 0) is 27.2 Å². The highest BCUT2D eigenvalue weighted by Crippen LogP contribution is 2.47. The Morgan fingerprint density at radius 2 is 2.02 bits per heavy atom. The molecule has 0 saturated heterocycles. The Bertz CT molecular complexity index is 1440. The predicted molar refractivity (Wildman–Crippen MR) is 166 cm³/mol. The minimum absolute atomic E-state index is 0.0460. The highest BCUT2D eigenvalue weighted by molar-refractivity contribution is 7.76. The van der Waals surface area contributed by atoms with Gasteiger partial charge in [0.15, 0.2) is 0 Å². The maximum absolute atomic E-state index is 13.3. The fourth-order valence-electron chi connectivity index (χ4n) is 7.26. The fourth-order valence-corrected chi connectivity index (χ4v) is 8.49. The first-order valence-corrected chi connectivity index (χ1v) is 16.7. The fraction of sp³-hybridized carbons (Fsp3) is 0.545. The number of thiol groups is 1. The van der Waals surface area contributed by atoms with Crippen molar-refractivity contribution < 1.29 is 18.5 Å². The molecule has 6 nitrogen and oxygen atoms in total. The van der Waals surface area contributed by atoms with Crippen LogP contribution in [0.15, 0.2) is 52.9 Å². The monoisotopic (exact) mass is 596 g/mol. The second-order valence-corrected chi connectivity index (χ2v) is 14.6. The molecule has 2 bridgehead atoms. The number of carbonyl (C=O) groups is 1. The van der Waals surface area contributed by atoms with Crippen LogP contribution in [0.25, 0.3) is 0 Å². The third-order valence-electron chi connectivity index (χ3n) is 10.1. The minimum atomic E-state index is -2.04. The number of amides is 1. The van der Waals surface area contributed by atoms with E-state index in [-0.39, 0.29) is 22.7 Å². The van der Waals surface area contributed by atoms with Gasteiger partial charge in [0.1, 0.15) is 5.75 Å². The summed E-state index contributed by atoms with van der Waals surface area (Å²) in [6.45, 7) is 6.22. The molecule has 1 unspecified atom stereocenters. The van der Waals surface area contributed by atoms with E-state index in [4.69, 9.17) is 21.1 Å². The highest BCUT2D eigenvalue weighted by atomic mass is 35.5. The first kappa shape index (κ1) is 28.8. The Labute approximate surface area is 250 Å². The molecule has 0 radical (unpaired) electrons. The first-order valence-electron chi connectivity index (χ1n) is 15.0. The summed E-state index contributed by atoms with van der Waals surface area (Å²) in [6.07, 6.45) is 10.6. The Morgan fingerprint density at radius 3 is 2.80 bits per heavy atom. The van der Waals surface area contributed by atoms with Gasteiger partial charge in [-0.1, -0.05) is 36.7 Å². The van der Waals surface area contributed by atoms with Crippen LogP contribution >= 0.6 is 11.6 Å². The van der Waals surface area contributed by atoms with Crippen molar-refractivity contribution in [3.63, 3.8) is 0 Å². The lowest BCUT2D eigenvalue weighted by molar-refractivity contribution is 0.0131. The number of allylic oxidation sites excluding steroid dienone is 1. The molecule has 0 aromatic heterocycles. The van der Waals surface area contributed by atoms with Crippen LogP contribution in [0.1, 0.15) is 67.4 Å². The van der Waals surface area contributed by atoms with Crippen molar-refractivity contribution in [2.75, 3.05) is 31.7 Å². The van der Waals surface area contributed by atoms with Crippen LogP contribution in [-0.4, -0.2) is 48.3 Å². The molecule has 2 heterocycles. The quantitative estimate of drug-likeness (QED) is 0.295. The zero-order chi connectivity index (χ0) is 28.7. The predicted octanol–water partition coefficient (Wildman–Crippen LogP) is 6.64. The SMILES string of the molecule is CO[C@H]1/C=C/C[C@H](C)[C@@H](C)/[SH](=O)=N\C(=O)c2ccc3c(c2)N(C[C@@H]2CC[C@H]21)C[C@@]1(CCCc2cc(Cl)ccc21)CO3. The Balaban J connectivity index is 1.44. The summed E-state index contributed by atoms with van der Waals surface area (Å²) in [7, 11) is -0.242. The Kier molecular flexibility index (Phi) is 8.23. The molecule has 1 fully saturated rings. The van der Waals surface area contributed by atoms with Gasteiger partial charge in [-0.3, -0.25) is 9.00 Å². The van der Waals surface area contributed by atoms with Crippen LogP contribution in [0.5, 0.6) is 5.75 Å². The van der Waals surface area contributed by atoms with Gasteiger partial charge in [0.05, 0.1) is 18.4 Å². The second kappa shape index (κ2) is 11.7. The van der Waals surface area contributed by atoms with Gasteiger partial charge in [-0.25, -0.2) is 0 Å². The second-order valence-electron chi connectivity index (χ2n) is 12.6. The number of methoxy groups -OCH3 is 1. The summed E-state index contributed by atoms with van der Waals surface area (Å²) in [5, 5.41) is 0.568. The van der Waals surface area contributed by atoms with E-state index < -0.39 is 16.5 Å². The average molecular weight is 597 g/mol. The van der Waals surface area contributed by atoms with Crippen molar-refractivity contribution in [3.8, 4) is 5.75 Å². The molecule has 2 aliphatic heterocycles. The van der Waals surface area contributed by atoms with Crippen molar-refractivity contribution in [1.29, 1.82) is 0 Å². The maximum Gasteiger partial charge on any atom is 0.284 e. The minimum Gasteiger partial charge on any atom is -0.490 e. The summed E-state index contributed by atoms with van der Waals surface area (Å²) in [4.78, 5) is 15.7. The number of hydrogen-bond donors (Lipinski definition) is 1. The normalized spacial score (nSPS) is 34.7. The van der Waals surface area contributed by atoms with Crippen LogP contribution < -0.4 is 9.64 Å². The van der Waals surface area contributed by atoms with Gasteiger partial charge in [-0.15, -0.1) is 0 Å². The molecule has 41 heavy (non-hydrogen) atoms. The van der Waals surface area contributed by atoms with E-state index >= 15 is 0 Å². The molecule has 1 saturated carbocycles. The van der Waals surface area contributed by atoms with E-state index in [0.717, 1.165) is 68.1 Å². The molecule has 2 aromatic carbocycles. The summed E-state index contributed by atoms with van der Waals surface area (Å²) in [5.74, 6) is 1.38. The molecular weight excluding hydrogens is 556 g/mol. The number of ether oxygens (including phenoxy) is 2. The van der Waals surface area contributed by atoms with E-state index in [1.165, 1.54) is 11.1 Å². The van der Waals surface area contributed by atoms with Crippen molar-refractivity contribution in [1.82, 2.24) is 0 Å². The van der Waals surface area contributed by atoms with Gasteiger partial charge in [-0.05, 0) is 105 Å². The summed E-state index contributed by atoms with van der Waals surface area (Å²) in [5.41, 5.74) is 3.83. The number of aryl methyl sites for hydroxylation is 1. The lowest BCUT2D eigenvalue weighted by Crippen LogP contribution is -2.49. The molecule has 1 spiro atoms. The van der Waals surface area contributed by atoms with Gasteiger partial charge in [-0.2, -0.15) is 4.36 Å². The molecule has 1 amide bonds. The van der Waals surface area contributed by atoms with E-state index in [9.17, 15) is 9.00 Å². The molecule has 220 valence electrons. The van der Waals surface area contributed by atoms with Crippen molar-refractivity contribution in [2.45, 2.75) is 69.1 Å². The number of anilines is 1. The number of halogens is 1. The molecule has 7 atom stereocenters. The zero-order valence-electron chi connectivity index (χ0n) is 24.2. The number of nitrogens with zero attached hydrogens (tertiary/aromatic N) is 2. The van der Waals surface area contributed by atoms with Crippen molar-refractivity contribution >= 4 is 33.8 Å². The van der Waals surface area contributed by atoms with Crippen LogP contribution in [0.3, 0.4) is 0 Å². The molecule has 4 aliphatic rings. The first-order chi connectivity index (χ1) is 19.8. The van der Waals surface area contributed by atoms with E-state index in [1.54, 1.807) is 13.2 Å². The summed E-state index contributed by atoms with van der Waals surface area (Å²) in [6, 6.07) is 11.9. The average Bonchev–Trinajstić information content (AvgIpc) is 3.10. The van der Waals surface area contributed by atoms with Gasteiger partial charge >= 0.3 is 0 Å². The smallest absolute Gasteiger partial charge is 0.284 e. The third kappa shape index (κ3) is 5.57. The molecule has 8 heteroatoms. The van der Waals surface area contributed by atoms with Gasteiger partial charge in [0.2, 0.25) is 0 Å². The number of benzene rings is 2. The molecule has 0 N–H and O–H groups in total. The standard InChI is InChI=1S/C33H41ClN2O4S/c1-21-6-4-8-30(39-3)27-12-9-25(27)18-36-19-33(15-5-7-23-16-26(34)11-13-28(23)33)20-40-31-14-10-24(17-29(31)36)32(37)35-41(38)22(21)2/h4,8,10-11,13-14,16-17,21-22,25,27,30,41H,5-7,9,12,15,18-20H2,1-3H3/b8-4+/t21-,22+,25-,27+,30-,33-/m0/s1. The lowest BCUT2D eigenvalue weighted by Gasteiger charge is -2.46. The third-order valence-corrected chi connectivity index (χ3v) is 11.9. The summed E-state index contributed by atoms with van der Waals surface area (Å²) >= 11 is 6.41. The lowest BCUT2D eigenvalue weighted by atomic mass is 9.68. The molecule has 2 aromatic rings. The molecular formula is C33H41ClN2O4S.